The Bertz CT molecular complexity index is 5450. The molecule has 0 spiro atoms. The first kappa shape index (κ1) is 46.9. The molecule has 0 aliphatic carbocycles. The van der Waals surface area contributed by atoms with Crippen molar-refractivity contribution in [2.45, 2.75) is 0 Å². The molecule has 12 aromatic carbocycles. The SMILES string of the molecule is C1=Cc2cc3c(-c4cccc5cc6ccccc6cc45)c(-c4cccc5cc6ccccc6cc45)c(c(-c4cccc5cc6ccccc6cc45)c4nc(cc5ccc(cc1n2)[nH]5)C=C4)n3-c1cccc2cc3ccccc3cc12.[Ni]. The molecule has 0 saturated carbocycles. The summed E-state index contributed by atoms with van der Waals surface area (Å²) in [5, 5.41) is 18.8. The predicted molar refractivity (Wildman–Crippen MR) is 340 cm³/mol. The van der Waals surface area contributed by atoms with Crippen molar-refractivity contribution in [1.29, 1.82) is 0 Å². The van der Waals surface area contributed by atoms with Crippen LogP contribution in [-0.2, 0) is 16.5 Å². The number of nitrogens with zero attached hydrogens (tertiary/aromatic N) is 3. The van der Waals surface area contributed by atoms with Crippen LogP contribution in [0.2, 0.25) is 0 Å². The Labute approximate surface area is 476 Å². The van der Waals surface area contributed by atoms with Gasteiger partial charge in [0.05, 0.1) is 39.5 Å². The van der Waals surface area contributed by atoms with Gasteiger partial charge >= 0.3 is 0 Å². The number of aromatic nitrogens is 4. The van der Waals surface area contributed by atoms with Crippen LogP contribution in [0.3, 0.4) is 0 Å². The predicted octanol–water partition coefficient (Wildman–Crippen LogP) is 20.3. The van der Waals surface area contributed by atoms with E-state index in [2.05, 4.69) is 283 Å². The van der Waals surface area contributed by atoms with Crippen molar-refractivity contribution in [2.75, 3.05) is 0 Å². The Morgan fingerprint density at radius 1 is 0.284 bits per heavy atom. The average molecular weight is 1070 g/mol. The molecule has 2 aliphatic heterocycles. The minimum Gasteiger partial charge on any atom is -0.355 e. The molecule has 15 aromatic rings. The molecule has 4 nitrogen and oxygen atoms in total. The molecule has 3 aromatic heterocycles. The first-order valence-electron chi connectivity index (χ1n) is 27.4. The summed E-state index contributed by atoms with van der Waals surface area (Å²) in [6, 6.07) is 92.2. The van der Waals surface area contributed by atoms with E-state index in [1.165, 1.54) is 59.2 Å². The van der Waals surface area contributed by atoms with E-state index in [0.717, 1.165) is 111 Å². The number of rotatable bonds is 4. The van der Waals surface area contributed by atoms with Crippen LogP contribution in [0.15, 0.2) is 249 Å². The molecule has 17 rings (SSSR count). The monoisotopic (exact) mass is 1070 g/mol. The van der Waals surface area contributed by atoms with Gasteiger partial charge in [0.15, 0.2) is 0 Å². The van der Waals surface area contributed by atoms with Crippen molar-refractivity contribution in [1.82, 2.24) is 19.5 Å². The van der Waals surface area contributed by atoms with E-state index in [1.807, 2.05) is 0 Å². The first-order valence-corrected chi connectivity index (χ1v) is 27.4. The molecule has 8 bridgehead atoms. The first-order chi connectivity index (χ1) is 39.6. The Morgan fingerprint density at radius 3 is 1.15 bits per heavy atom. The summed E-state index contributed by atoms with van der Waals surface area (Å²) in [4.78, 5) is 14.8. The van der Waals surface area contributed by atoms with Gasteiger partial charge in [-0.2, -0.15) is 0 Å². The average Bonchev–Trinajstić information content (AvgIpc) is 4.51. The number of fused-ring (bicyclic) bond motifs is 16. The van der Waals surface area contributed by atoms with E-state index in [1.54, 1.807) is 0 Å². The Hall–Kier alpha value is -10.2. The zero-order chi connectivity index (χ0) is 52.4. The van der Waals surface area contributed by atoms with Gasteiger partial charge < -0.3 is 9.55 Å². The number of aromatic amines is 1. The van der Waals surface area contributed by atoms with Crippen LogP contribution in [0.4, 0.5) is 0 Å². The van der Waals surface area contributed by atoms with Crippen LogP contribution in [-0.4, -0.2) is 19.5 Å². The van der Waals surface area contributed by atoms with E-state index >= 15 is 0 Å². The molecule has 5 heteroatoms. The minimum absolute atomic E-state index is 0. The zero-order valence-corrected chi connectivity index (χ0v) is 44.6. The number of hydrogen-bond donors (Lipinski definition) is 1. The van der Waals surface area contributed by atoms with Gasteiger partial charge in [-0.25, -0.2) is 9.97 Å². The molecule has 1 N–H and O–H groups in total. The second-order valence-electron chi connectivity index (χ2n) is 21.4. The third-order valence-electron chi connectivity index (χ3n) is 16.7. The van der Waals surface area contributed by atoms with E-state index in [9.17, 15) is 0 Å². The van der Waals surface area contributed by atoms with Crippen molar-refractivity contribution >= 4 is 133 Å². The van der Waals surface area contributed by atoms with Crippen molar-refractivity contribution in [2.24, 2.45) is 0 Å². The molecule has 81 heavy (non-hydrogen) atoms. The van der Waals surface area contributed by atoms with Crippen molar-refractivity contribution in [3.8, 4) is 39.1 Å². The van der Waals surface area contributed by atoms with Crippen LogP contribution in [0.1, 0.15) is 22.8 Å². The van der Waals surface area contributed by atoms with Gasteiger partial charge in [0.2, 0.25) is 0 Å². The van der Waals surface area contributed by atoms with Crippen LogP contribution in [0, 0.1) is 0 Å². The molecule has 0 atom stereocenters. The minimum atomic E-state index is 0. The van der Waals surface area contributed by atoms with Crippen molar-refractivity contribution < 1.29 is 16.5 Å². The van der Waals surface area contributed by atoms with Gasteiger partial charge in [0.1, 0.15) is 0 Å². The van der Waals surface area contributed by atoms with E-state index < -0.39 is 0 Å². The smallest absolute Gasteiger partial charge is 0.0737 e. The third-order valence-corrected chi connectivity index (χ3v) is 16.7. The fraction of sp³-hybridized carbons (Fsp3) is 0. The fourth-order valence-corrected chi connectivity index (χ4v) is 13.0. The van der Waals surface area contributed by atoms with Crippen LogP contribution in [0.5, 0.6) is 0 Å². The standard InChI is InChI=1S/C76H46N4.Ni/c1-5-17-50-39-66-54(35-46(50)13-1)21-9-25-63(66)73-70-34-33-61(79-70)44-60-30-29-58(77-60)43-59-31-32-62(78-59)45-72-74(64-26-10-22-55-36-47-14-2-6-18-51(47)40-67(55)64)75(65-27-11-23-56-37-48-15-3-7-19-52(48)41-68(56)65)76(73)80(72)71-28-12-24-57-38-49-16-4-8-20-53(49)42-69(57)71;/h1-45,77H;. The molecule has 0 saturated heterocycles. The maximum Gasteiger partial charge on any atom is 0.0737 e. The van der Waals surface area contributed by atoms with Gasteiger partial charge in [0, 0.05) is 49.6 Å². The van der Waals surface area contributed by atoms with Gasteiger partial charge in [-0.1, -0.05) is 164 Å². The van der Waals surface area contributed by atoms with E-state index in [0.29, 0.717) is 0 Å². The topological polar surface area (TPSA) is 46.5 Å². The molecule has 0 amide bonds. The van der Waals surface area contributed by atoms with Gasteiger partial charge in [-0.3, -0.25) is 0 Å². The number of H-pyrrole nitrogens is 1. The number of benzene rings is 12. The van der Waals surface area contributed by atoms with E-state index in [4.69, 9.17) is 9.97 Å². The van der Waals surface area contributed by atoms with Crippen LogP contribution >= 0.6 is 0 Å². The van der Waals surface area contributed by atoms with Crippen molar-refractivity contribution in [3.63, 3.8) is 0 Å². The molecule has 0 unspecified atom stereocenters. The molecule has 0 radical (unpaired) electrons. The Kier molecular flexibility index (Phi) is 10.7. The largest absolute Gasteiger partial charge is 0.355 e. The van der Waals surface area contributed by atoms with Gasteiger partial charge in [0.25, 0.3) is 0 Å². The second kappa shape index (κ2) is 18.5. The van der Waals surface area contributed by atoms with Crippen LogP contribution < -0.4 is 0 Å². The molecule has 0 fully saturated rings. The summed E-state index contributed by atoms with van der Waals surface area (Å²) in [6.45, 7) is 0. The molecule has 2 aliphatic rings. The molecular formula is C76H46N4Ni. The Morgan fingerprint density at radius 2 is 0.654 bits per heavy atom. The number of nitrogens with one attached hydrogen (secondary N) is 1. The Balaban J connectivity index is 0.00000542. The summed E-state index contributed by atoms with van der Waals surface area (Å²) < 4.78 is 2.59. The van der Waals surface area contributed by atoms with Crippen LogP contribution in [0.25, 0.3) is 172 Å². The maximum absolute atomic E-state index is 5.75. The van der Waals surface area contributed by atoms with E-state index in [-0.39, 0.29) is 16.5 Å². The van der Waals surface area contributed by atoms with Gasteiger partial charge in [-0.15, -0.1) is 0 Å². The molecular weight excluding hydrogens is 1030 g/mol. The third kappa shape index (κ3) is 7.65. The summed E-state index contributed by atoms with van der Waals surface area (Å²) in [5.41, 5.74) is 15.0. The number of hydrogen-bond acceptors (Lipinski definition) is 2. The summed E-state index contributed by atoms with van der Waals surface area (Å²) >= 11 is 0. The van der Waals surface area contributed by atoms with Crippen molar-refractivity contribution in [3.05, 3.63) is 271 Å². The molecule has 380 valence electrons. The summed E-state index contributed by atoms with van der Waals surface area (Å²) in [7, 11) is 0. The quantitative estimate of drug-likeness (QED) is 0.141. The summed E-state index contributed by atoms with van der Waals surface area (Å²) in [6.07, 6.45) is 8.72. The molecule has 5 heterocycles. The maximum atomic E-state index is 5.75. The fourth-order valence-electron chi connectivity index (χ4n) is 13.0. The van der Waals surface area contributed by atoms with Gasteiger partial charge in [-0.05, 0) is 207 Å². The summed E-state index contributed by atoms with van der Waals surface area (Å²) in [5.74, 6) is 0. The second-order valence-corrected chi connectivity index (χ2v) is 21.4. The normalized spacial score (nSPS) is 12.2. The zero-order valence-electron chi connectivity index (χ0n) is 43.6.